The molecule has 1 aromatic carbocycles. The van der Waals surface area contributed by atoms with Crippen LogP contribution in [0.15, 0.2) is 18.2 Å². The lowest BCUT2D eigenvalue weighted by Gasteiger charge is -2.34. The van der Waals surface area contributed by atoms with E-state index in [4.69, 9.17) is 21.1 Å². The van der Waals surface area contributed by atoms with Crippen molar-refractivity contribution in [2.45, 2.75) is 25.6 Å². The van der Waals surface area contributed by atoms with Gasteiger partial charge in [0, 0.05) is 13.0 Å². The molecule has 0 amide bonds. The van der Waals surface area contributed by atoms with Gasteiger partial charge in [-0.1, -0.05) is 17.7 Å². The van der Waals surface area contributed by atoms with Crippen molar-refractivity contribution in [3.8, 4) is 5.75 Å². The van der Waals surface area contributed by atoms with Crippen LogP contribution in [0.1, 0.15) is 13.3 Å². The standard InChI is InChI=1S/C12H12ClFO3/c1-2-16-12-8(15)6-10(12)17-9-5-3-4-7(13)11(9)14/h3-5,10,12H,2,6H2,1H3. The van der Waals surface area contributed by atoms with Crippen molar-refractivity contribution in [3.63, 3.8) is 0 Å². The van der Waals surface area contributed by atoms with Gasteiger partial charge >= 0.3 is 0 Å². The maximum atomic E-state index is 13.5. The highest BCUT2D eigenvalue weighted by atomic mass is 35.5. The molecule has 2 unspecified atom stereocenters. The van der Waals surface area contributed by atoms with Gasteiger partial charge < -0.3 is 9.47 Å². The molecule has 2 atom stereocenters. The highest BCUT2D eigenvalue weighted by molar-refractivity contribution is 6.30. The Bertz CT molecular complexity index is 436. The molecule has 0 spiro atoms. The summed E-state index contributed by atoms with van der Waals surface area (Å²) in [6.45, 7) is 2.22. The lowest BCUT2D eigenvalue weighted by atomic mass is 9.90. The Morgan fingerprint density at radius 2 is 2.29 bits per heavy atom. The number of benzene rings is 1. The number of carbonyl (C=O) groups excluding carboxylic acids is 1. The molecule has 1 aromatic rings. The lowest BCUT2D eigenvalue weighted by molar-refractivity contribution is -0.154. The van der Waals surface area contributed by atoms with Crippen LogP contribution < -0.4 is 4.74 Å². The smallest absolute Gasteiger partial charge is 0.183 e. The fourth-order valence-corrected chi connectivity index (χ4v) is 1.86. The van der Waals surface area contributed by atoms with Crippen LogP contribution in [0.5, 0.6) is 5.75 Å². The molecular weight excluding hydrogens is 247 g/mol. The Kier molecular flexibility index (Phi) is 3.64. The van der Waals surface area contributed by atoms with Crippen LogP contribution in [-0.2, 0) is 9.53 Å². The molecule has 0 radical (unpaired) electrons. The van der Waals surface area contributed by atoms with Crippen molar-refractivity contribution in [2.75, 3.05) is 6.61 Å². The molecule has 0 N–H and O–H groups in total. The van der Waals surface area contributed by atoms with Gasteiger partial charge in [-0.25, -0.2) is 4.39 Å². The molecule has 5 heteroatoms. The third-order valence-electron chi connectivity index (χ3n) is 2.60. The number of ketones is 1. The van der Waals surface area contributed by atoms with Crippen LogP contribution >= 0.6 is 11.6 Å². The molecule has 1 aliphatic rings. The second kappa shape index (κ2) is 5.02. The van der Waals surface area contributed by atoms with Gasteiger partial charge in [0.15, 0.2) is 23.5 Å². The number of carbonyl (C=O) groups is 1. The summed E-state index contributed by atoms with van der Waals surface area (Å²) in [6, 6.07) is 4.51. The quantitative estimate of drug-likeness (QED) is 0.833. The SMILES string of the molecule is CCOC1C(=O)CC1Oc1cccc(Cl)c1F. The highest BCUT2D eigenvalue weighted by Gasteiger charge is 2.42. The van der Waals surface area contributed by atoms with Gasteiger partial charge in [0.25, 0.3) is 0 Å². The van der Waals surface area contributed by atoms with Crippen LogP contribution in [0.3, 0.4) is 0 Å². The summed E-state index contributed by atoms with van der Waals surface area (Å²) in [4.78, 5) is 11.2. The van der Waals surface area contributed by atoms with Crippen LogP contribution in [0, 0.1) is 5.82 Å². The van der Waals surface area contributed by atoms with E-state index in [-0.39, 0.29) is 23.0 Å². The third-order valence-corrected chi connectivity index (χ3v) is 2.89. The molecule has 92 valence electrons. The van der Waals surface area contributed by atoms with E-state index in [0.29, 0.717) is 6.61 Å². The second-order valence-electron chi connectivity index (χ2n) is 3.75. The summed E-state index contributed by atoms with van der Waals surface area (Å²) in [5, 5.41) is 0.00103. The van der Waals surface area contributed by atoms with Gasteiger partial charge in [0.05, 0.1) is 5.02 Å². The molecule has 1 fully saturated rings. The van der Waals surface area contributed by atoms with E-state index >= 15 is 0 Å². The van der Waals surface area contributed by atoms with Crippen molar-refractivity contribution in [3.05, 3.63) is 29.0 Å². The molecule has 0 bridgehead atoms. The molecule has 0 saturated heterocycles. The van der Waals surface area contributed by atoms with E-state index in [1.165, 1.54) is 12.1 Å². The van der Waals surface area contributed by atoms with E-state index < -0.39 is 18.0 Å². The van der Waals surface area contributed by atoms with Crippen molar-refractivity contribution in [1.29, 1.82) is 0 Å². The molecule has 0 aliphatic heterocycles. The molecule has 0 heterocycles. The minimum Gasteiger partial charge on any atom is -0.484 e. The first-order valence-electron chi connectivity index (χ1n) is 5.38. The molecule has 17 heavy (non-hydrogen) atoms. The topological polar surface area (TPSA) is 35.5 Å². The minimum atomic E-state index is -0.608. The van der Waals surface area contributed by atoms with E-state index in [1.807, 2.05) is 0 Å². The molecular formula is C12H12ClFO3. The summed E-state index contributed by atoms with van der Waals surface area (Å²) >= 11 is 5.63. The Balaban J connectivity index is 2.06. The van der Waals surface area contributed by atoms with Crippen LogP contribution in [0.2, 0.25) is 5.02 Å². The number of halogens is 2. The van der Waals surface area contributed by atoms with Gasteiger partial charge in [-0.3, -0.25) is 4.79 Å². The monoisotopic (exact) mass is 258 g/mol. The number of hydrogen-bond acceptors (Lipinski definition) is 3. The van der Waals surface area contributed by atoms with Crippen molar-refractivity contribution < 1.29 is 18.7 Å². The third kappa shape index (κ3) is 2.42. The van der Waals surface area contributed by atoms with Crippen LogP contribution in [0.4, 0.5) is 4.39 Å². The van der Waals surface area contributed by atoms with Crippen LogP contribution in [0.25, 0.3) is 0 Å². The summed E-state index contributed by atoms with van der Waals surface area (Å²) < 4.78 is 24.2. The largest absolute Gasteiger partial charge is 0.484 e. The Labute approximate surface area is 103 Å². The molecule has 0 aromatic heterocycles. The number of Topliss-reactive ketones (excluding diaryl/α,β-unsaturated/α-hetero) is 1. The van der Waals surface area contributed by atoms with E-state index in [0.717, 1.165) is 0 Å². The minimum absolute atomic E-state index is 0.00103. The predicted molar refractivity (Wildman–Crippen MR) is 60.9 cm³/mol. The molecule has 3 nitrogen and oxygen atoms in total. The molecule has 1 aliphatic carbocycles. The number of ether oxygens (including phenoxy) is 2. The fourth-order valence-electron chi connectivity index (χ4n) is 1.69. The van der Waals surface area contributed by atoms with Crippen LogP contribution in [-0.4, -0.2) is 24.6 Å². The summed E-state index contributed by atoms with van der Waals surface area (Å²) in [7, 11) is 0. The fraction of sp³-hybridized carbons (Fsp3) is 0.417. The number of rotatable bonds is 4. The van der Waals surface area contributed by atoms with E-state index in [9.17, 15) is 9.18 Å². The van der Waals surface area contributed by atoms with Gasteiger partial charge in [-0.05, 0) is 19.1 Å². The molecule has 1 saturated carbocycles. The van der Waals surface area contributed by atoms with Gasteiger partial charge in [-0.15, -0.1) is 0 Å². The zero-order chi connectivity index (χ0) is 12.4. The van der Waals surface area contributed by atoms with E-state index in [1.54, 1.807) is 13.0 Å². The Morgan fingerprint density at radius 1 is 1.53 bits per heavy atom. The Morgan fingerprint density at radius 3 is 2.94 bits per heavy atom. The van der Waals surface area contributed by atoms with Gasteiger partial charge in [0.2, 0.25) is 0 Å². The lowest BCUT2D eigenvalue weighted by Crippen LogP contribution is -2.52. The summed E-state index contributed by atoms with van der Waals surface area (Å²) in [5.41, 5.74) is 0. The maximum Gasteiger partial charge on any atom is 0.183 e. The summed E-state index contributed by atoms with van der Waals surface area (Å²) in [6.07, 6.45) is -0.759. The first-order valence-corrected chi connectivity index (χ1v) is 5.76. The van der Waals surface area contributed by atoms with Crippen molar-refractivity contribution in [2.24, 2.45) is 0 Å². The van der Waals surface area contributed by atoms with Gasteiger partial charge in [-0.2, -0.15) is 0 Å². The highest BCUT2D eigenvalue weighted by Crippen LogP contribution is 2.30. The summed E-state index contributed by atoms with van der Waals surface area (Å²) in [5.74, 6) is -0.567. The zero-order valence-corrected chi connectivity index (χ0v) is 10.0. The molecule has 2 rings (SSSR count). The average Bonchev–Trinajstić information content (AvgIpc) is 2.31. The van der Waals surface area contributed by atoms with Gasteiger partial charge in [0.1, 0.15) is 6.10 Å². The normalized spacial score (nSPS) is 23.4. The Hall–Kier alpha value is -1.13. The predicted octanol–water partition coefficient (Wildman–Crippen LogP) is 2.60. The van der Waals surface area contributed by atoms with Crippen molar-refractivity contribution >= 4 is 17.4 Å². The maximum absolute atomic E-state index is 13.5. The van der Waals surface area contributed by atoms with Crippen molar-refractivity contribution in [1.82, 2.24) is 0 Å². The number of hydrogen-bond donors (Lipinski definition) is 0. The first-order chi connectivity index (χ1) is 8.13. The average molecular weight is 259 g/mol. The second-order valence-corrected chi connectivity index (χ2v) is 4.16. The first kappa shape index (κ1) is 12.3. The zero-order valence-electron chi connectivity index (χ0n) is 9.28. The van der Waals surface area contributed by atoms with E-state index in [2.05, 4.69) is 0 Å².